The Hall–Kier alpha value is -5.68. The van der Waals surface area contributed by atoms with E-state index in [1.165, 1.54) is 23.0 Å². The molecule has 0 N–H and O–H groups in total. The van der Waals surface area contributed by atoms with Crippen LogP contribution < -0.4 is 24.4 Å². The van der Waals surface area contributed by atoms with Crippen LogP contribution in [0.3, 0.4) is 0 Å². The molecule has 3 aromatic carbocycles. The Kier molecular flexibility index (Phi) is 10.4. The van der Waals surface area contributed by atoms with Gasteiger partial charge in [0.2, 0.25) is 0 Å². The van der Waals surface area contributed by atoms with E-state index in [1.54, 1.807) is 32.0 Å². The quantitative estimate of drug-likeness (QED) is 0.159. The maximum Gasteiger partial charge on any atom is 0.343 e. The molecule has 0 aliphatic carbocycles. The fourth-order valence-electron chi connectivity index (χ4n) is 6.29. The van der Waals surface area contributed by atoms with E-state index in [9.17, 15) is 14.4 Å². The topological polar surface area (TPSA) is 110 Å². The zero-order valence-corrected chi connectivity index (χ0v) is 30.2. The summed E-state index contributed by atoms with van der Waals surface area (Å²) in [6, 6.07) is 25.0. The van der Waals surface area contributed by atoms with Gasteiger partial charge < -0.3 is 23.5 Å². The highest BCUT2D eigenvalue weighted by Gasteiger charge is 2.34. The number of allylic oxidation sites excluding steroid dienone is 1. The van der Waals surface area contributed by atoms with Crippen LogP contribution in [0.1, 0.15) is 49.3 Å². The number of aromatic nitrogens is 2. The number of methoxy groups -OCH3 is 1. The van der Waals surface area contributed by atoms with E-state index in [4.69, 9.17) is 23.9 Å². The van der Waals surface area contributed by atoms with Crippen LogP contribution in [0.25, 0.3) is 22.9 Å². The van der Waals surface area contributed by atoms with Crippen molar-refractivity contribution in [2.75, 3.05) is 26.9 Å². The molecule has 0 saturated heterocycles. The summed E-state index contributed by atoms with van der Waals surface area (Å²) in [6.07, 6.45) is 1.89. The van der Waals surface area contributed by atoms with E-state index in [1.807, 2.05) is 45.0 Å². The molecule has 0 radical (unpaired) electrons. The van der Waals surface area contributed by atoms with Crippen molar-refractivity contribution in [1.29, 1.82) is 0 Å². The number of thiazole rings is 1. The number of hydrogen-bond donors (Lipinski definition) is 0. The molecule has 51 heavy (non-hydrogen) atoms. The molecule has 0 spiro atoms. The summed E-state index contributed by atoms with van der Waals surface area (Å²) in [6.45, 7) is 9.53. The number of rotatable bonds is 11. The summed E-state index contributed by atoms with van der Waals surface area (Å²) in [5.41, 5.74) is 7.20. The minimum atomic E-state index is -0.855. The highest BCUT2D eigenvalue weighted by atomic mass is 32.1. The summed E-state index contributed by atoms with van der Waals surface area (Å²) >= 11 is 1.26. The predicted octanol–water partition coefficient (Wildman–Crippen LogP) is 5.82. The largest absolute Gasteiger partial charge is 0.490 e. The van der Waals surface area contributed by atoms with Crippen LogP contribution in [0.2, 0.25) is 0 Å². The SMILES string of the molecule is CCOC(=O)C1=C(C)N=c2s/c(=C/c3cc(C)n(-c4ccc(-c5ccccc5)cc4)c3C)c(=O)n2[C@@H]1c1ccc(OCC(=O)OC)c(OCC)c1. The van der Waals surface area contributed by atoms with Crippen LogP contribution in [0.5, 0.6) is 11.5 Å². The zero-order valence-electron chi connectivity index (χ0n) is 29.4. The average molecular weight is 706 g/mol. The maximum atomic E-state index is 14.4. The van der Waals surface area contributed by atoms with E-state index >= 15 is 0 Å². The number of carbonyl (C=O) groups excluding carboxylic acids is 2. The van der Waals surface area contributed by atoms with E-state index in [0.29, 0.717) is 38.7 Å². The molecule has 3 heterocycles. The lowest BCUT2D eigenvalue weighted by Gasteiger charge is -2.25. The number of aryl methyl sites for hydroxylation is 1. The van der Waals surface area contributed by atoms with Gasteiger partial charge in [-0.25, -0.2) is 14.6 Å². The van der Waals surface area contributed by atoms with E-state index in [0.717, 1.165) is 33.8 Å². The smallest absolute Gasteiger partial charge is 0.343 e. The molecular weight excluding hydrogens is 667 g/mol. The molecular formula is C40H39N3O7S. The van der Waals surface area contributed by atoms with Crippen molar-refractivity contribution < 1.29 is 28.5 Å². The summed E-state index contributed by atoms with van der Waals surface area (Å²) in [5, 5.41) is 0. The monoisotopic (exact) mass is 705 g/mol. The van der Waals surface area contributed by atoms with E-state index in [-0.39, 0.29) is 24.3 Å². The summed E-state index contributed by atoms with van der Waals surface area (Å²) < 4.78 is 25.9. The third-order valence-electron chi connectivity index (χ3n) is 8.66. The van der Waals surface area contributed by atoms with Gasteiger partial charge in [-0.15, -0.1) is 0 Å². The first kappa shape index (κ1) is 35.2. The first-order valence-electron chi connectivity index (χ1n) is 16.7. The summed E-state index contributed by atoms with van der Waals surface area (Å²) in [5.74, 6) is -0.438. The van der Waals surface area contributed by atoms with Gasteiger partial charge in [0.15, 0.2) is 22.9 Å². The first-order chi connectivity index (χ1) is 24.6. The van der Waals surface area contributed by atoms with Crippen molar-refractivity contribution in [3.05, 3.63) is 132 Å². The Bertz CT molecular complexity index is 2320. The highest BCUT2D eigenvalue weighted by Crippen LogP contribution is 2.36. The first-order valence-corrected chi connectivity index (χ1v) is 17.5. The molecule has 2 aromatic heterocycles. The van der Waals surface area contributed by atoms with E-state index < -0.39 is 18.0 Å². The van der Waals surface area contributed by atoms with Gasteiger partial charge in [-0.3, -0.25) is 9.36 Å². The molecule has 6 rings (SSSR count). The van der Waals surface area contributed by atoms with Gasteiger partial charge in [-0.2, -0.15) is 0 Å². The standard InChI is InChI=1S/C40H39N3O7S/c1-7-48-33-21-29(16-19-32(33)50-23-35(44)47-6)37-36(39(46)49-8-2)25(4)41-40-43(37)38(45)34(51-40)22-30-20-24(3)42(26(30)5)31-17-14-28(15-18-31)27-12-10-9-11-13-27/h9-22,37H,7-8,23H2,1-6H3/b34-22+/t37-/m1/s1. The molecule has 1 atom stereocenters. The minimum Gasteiger partial charge on any atom is -0.490 e. The van der Waals surface area contributed by atoms with Gasteiger partial charge in [0.25, 0.3) is 5.56 Å². The van der Waals surface area contributed by atoms with E-state index in [2.05, 4.69) is 47.0 Å². The third-order valence-corrected chi connectivity index (χ3v) is 9.65. The second-order valence-electron chi connectivity index (χ2n) is 11.9. The molecule has 0 fully saturated rings. The fourth-order valence-corrected chi connectivity index (χ4v) is 7.33. The molecule has 10 nitrogen and oxygen atoms in total. The highest BCUT2D eigenvalue weighted by molar-refractivity contribution is 7.07. The Balaban J connectivity index is 1.44. The normalized spacial score (nSPS) is 14.2. The number of esters is 2. The third kappa shape index (κ3) is 7.02. The van der Waals surface area contributed by atoms with Crippen molar-refractivity contribution in [3.8, 4) is 28.3 Å². The van der Waals surface area contributed by atoms with Gasteiger partial charge in [0.05, 0.1) is 42.2 Å². The molecule has 1 aliphatic rings. The lowest BCUT2D eigenvalue weighted by molar-refractivity contribution is -0.143. The van der Waals surface area contributed by atoms with Crippen molar-refractivity contribution in [2.24, 2.45) is 4.99 Å². The number of fused-ring (bicyclic) bond motifs is 1. The number of hydrogen-bond acceptors (Lipinski definition) is 9. The molecule has 0 unspecified atom stereocenters. The number of carbonyl (C=O) groups is 2. The van der Waals surface area contributed by atoms with Crippen molar-refractivity contribution in [1.82, 2.24) is 9.13 Å². The second kappa shape index (κ2) is 15.1. The van der Waals surface area contributed by atoms with Crippen LogP contribution in [0, 0.1) is 13.8 Å². The molecule has 0 saturated carbocycles. The molecule has 262 valence electrons. The van der Waals surface area contributed by atoms with Gasteiger partial charge >= 0.3 is 11.9 Å². The minimum absolute atomic E-state index is 0.155. The summed E-state index contributed by atoms with van der Waals surface area (Å²) in [7, 11) is 1.28. The van der Waals surface area contributed by atoms with Crippen molar-refractivity contribution >= 4 is 29.4 Å². The molecule has 0 bridgehead atoms. The lowest BCUT2D eigenvalue weighted by atomic mass is 9.95. The van der Waals surface area contributed by atoms with Gasteiger partial charge in [0, 0.05) is 17.1 Å². The maximum absolute atomic E-state index is 14.4. The fraction of sp³-hybridized carbons (Fsp3) is 0.250. The van der Waals surface area contributed by atoms with Gasteiger partial charge in [-0.05, 0) is 93.3 Å². The Morgan fingerprint density at radius 1 is 0.882 bits per heavy atom. The van der Waals surface area contributed by atoms with Gasteiger partial charge in [-0.1, -0.05) is 59.9 Å². The van der Waals surface area contributed by atoms with Gasteiger partial charge in [0.1, 0.15) is 0 Å². The number of nitrogens with zero attached hydrogens (tertiary/aromatic N) is 3. The Morgan fingerprint density at radius 2 is 1.61 bits per heavy atom. The average Bonchev–Trinajstić information content (AvgIpc) is 3.59. The van der Waals surface area contributed by atoms with Crippen molar-refractivity contribution in [3.63, 3.8) is 0 Å². The van der Waals surface area contributed by atoms with Crippen LogP contribution in [-0.4, -0.2) is 48.0 Å². The van der Waals surface area contributed by atoms with Crippen LogP contribution >= 0.6 is 11.3 Å². The Morgan fingerprint density at radius 3 is 2.29 bits per heavy atom. The number of benzene rings is 3. The summed E-state index contributed by atoms with van der Waals surface area (Å²) in [4.78, 5) is 44.8. The Labute approximate surface area is 299 Å². The van der Waals surface area contributed by atoms with Crippen molar-refractivity contribution in [2.45, 2.75) is 40.7 Å². The second-order valence-corrected chi connectivity index (χ2v) is 12.9. The zero-order chi connectivity index (χ0) is 36.2. The van der Waals surface area contributed by atoms with Crippen LogP contribution in [0.15, 0.2) is 99.9 Å². The molecule has 1 aliphatic heterocycles. The van der Waals surface area contributed by atoms with Crippen LogP contribution in [-0.2, 0) is 19.1 Å². The lowest BCUT2D eigenvalue weighted by Crippen LogP contribution is -2.40. The predicted molar refractivity (Wildman–Crippen MR) is 196 cm³/mol. The molecule has 5 aromatic rings. The molecule has 11 heteroatoms. The number of ether oxygens (including phenoxy) is 4. The molecule has 0 amide bonds. The van der Waals surface area contributed by atoms with Crippen LogP contribution in [0.4, 0.5) is 0 Å².